The van der Waals surface area contributed by atoms with Crippen molar-refractivity contribution in [2.75, 3.05) is 5.73 Å². The molecule has 0 radical (unpaired) electrons. The summed E-state index contributed by atoms with van der Waals surface area (Å²) in [4.78, 5) is 17.4. The van der Waals surface area contributed by atoms with Gasteiger partial charge in [-0.2, -0.15) is 23.4 Å². The van der Waals surface area contributed by atoms with Gasteiger partial charge < -0.3 is 20.0 Å². The van der Waals surface area contributed by atoms with Crippen LogP contribution in [0.5, 0.6) is 5.88 Å². The summed E-state index contributed by atoms with van der Waals surface area (Å²) in [6, 6.07) is 23.3. The summed E-state index contributed by atoms with van der Waals surface area (Å²) in [6.45, 7) is 0.241. The molecule has 2 heterocycles. The number of nitrogens with two attached hydrogens (primary N) is 1. The molecule has 0 bridgehead atoms. The molecule has 0 unspecified atom stereocenters. The highest BCUT2D eigenvalue weighted by atomic mass is 19.4. The largest absolute Gasteiger partial charge is 0.490 e. The molecule has 2 aromatic carbocycles. The van der Waals surface area contributed by atoms with Crippen LogP contribution in [0.25, 0.3) is 11.3 Å². The van der Waals surface area contributed by atoms with E-state index < -0.39 is 12.1 Å². The number of halogens is 3. The van der Waals surface area contributed by atoms with Gasteiger partial charge in [0.05, 0.1) is 23.6 Å². The van der Waals surface area contributed by atoms with Gasteiger partial charge in [0.25, 0.3) is 0 Å². The third kappa shape index (κ3) is 8.10. The third-order valence-corrected chi connectivity index (χ3v) is 4.93. The topological polar surface area (TPSA) is 135 Å². The van der Waals surface area contributed by atoms with Gasteiger partial charge in [0.2, 0.25) is 11.8 Å². The molecule has 3 N–H and O–H groups in total. The zero-order valence-electron chi connectivity index (χ0n) is 19.3. The first-order valence-corrected chi connectivity index (χ1v) is 10.8. The predicted octanol–water partition coefficient (Wildman–Crippen LogP) is 5.19. The number of rotatable bonds is 7. The lowest BCUT2D eigenvalue weighted by Crippen LogP contribution is -2.21. The van der Waals surface area contributed by atoms with Crippen LogP contribution in [0.2, 0.25) is 0 Å². The van der Waals surface area contributed by atoms with E-state index in [1.54, 1.807) is 18.4 Å². The maximum atomic E-state index is 10.6. The summed E-state index contributed by atoms with van der Waals surface area (Å²) < 4.78 is 43.0. The molecule has 0 atom stereocenters. The number of alkyl halides is 3. The van der Waals surface area contributed by atoms with E-state index in [0.29, 0.717) is 17.9 Å². The van der Waals surface area contributed by atoms with Gasteiger partial charge >= 0.3 is 12.1 Å². The Balaban J connectivity index is 0.000000479. The second-order valence-electron chi connectivity index (χ2n) is 7.59. The number of carboxylic acids is 1. The summed E-state index contributed by atoms with van der Waals surface area (Å²) in [6.07, 6.45) is -1.93. The lowest BCUT2D eigenvalue weighted by atomic mass is 10.0. The molecule has 11 heteroatoms. The second-order valence-corrected chi connectivity index (χ2v) is 7.59. The molecule has 8 nitrogen and oxygen atoms in total. The summed E-state index contributed by atoms with van der Waals surface area (Å²) in [5.41, 5.74) is 10.3. The van der Waals surface area contributed by atoms with Crippen molar-refractivity contribution < 1.29 is 32.2 Å². The average molecular weight is 510 g/mol. The highest BCUT2D eigenvalue weighted by Crippen LogP contribution is 2.22. The maximum absolute atomic E-state index is 10.6. The van der Waals surface area contributed by atoms with Crippen molar-refractivity contribution in [1.29, 1.82) is 5.26 Å². The molecular weight excluding hydrogens is 489 g/mol. The maximum Gasteiger partial charge on any atom is 0.490 e. The Morgan fingerprint density at radius 2 is 1.81 bits per heavy atom. The van der Waals surface area contributed by atoms with E-state index in [-0.39, 0.29) is 12.6 Å². The van der Waals surface area contributed by atoms with Crippen molar-refractivity contribution in [2.45, 2.75) is 25.6 Å². The molecule has 0 aliphatic heterocycles. The average Bonchev–Trinajstić information content (AvgIpc) is 3.41. The molecule has 37 heavy (non-hydrogen) atoms. The molecular formula is C26H21F3N4O4. The first-order valence-electron chi connectivity index (χ1n) is 10.8. The Morgan fingerprint density at radius 3 is 2.49 bits per heavy atom. The van der Waals surface area contributed by atoms with Crippen LogP contribution in [-0.2, 0) is 24.2 Å². The Kier molecular flexibility index (Phi) is 8.83. The number of carbonyl (C=O) groups is 1. The van der Waals surface area contributed by atoms with Crippen LogP contribution in [0.4, 0.5) is 19.1 Å². The Bertz CT molecular complexity index is 1380. The molecule has 4 aromatic rings. The summed E-state index contributed by atoms with van der Waals surface area (Å²) in [7, 11) is 0. The van der Waals surface area contributed by atoms with Crippen molar-refractivity contribution in [1.82, 2.24) is 9.97 Å². The number of furan rings is 1. The number of hydrogen-bond donors (Lipinski definition) is 2. The van der Waals surface area contributed by atoms with Gasteiger partial charge in [-0.1, -0.05) is 36.4 Å². The van der Waals surface area contributed by atoms with E-state index in [9.17, 15) is 18.4 Å². The van der Waals surface area contributed by atoms with Gasteiger partial charge in [0.15, 0.2) is 0 Å². The van der Waals surface area contributed by atoms with Gasteiger partial charge in [0.1, 0.15) is 12.4 Å². The summed E-state index contributed by atoms with van der Waals surface area (Å²) in [5, 5.41) is 16.3. The van der Waals surface area contributed by atoms with Gasteiger partial charge in [-0.25, -0.2) is 9.78 Å². The van der Waals surface area contributed by atoms with E-state index in [4.69, 9.17) is 24.8 Å². The van der Waals surface area contributed by atoms with Crippen LogP contribution in [0, 0.1) is 11.3 Å². The zero-order valence-corrected chi connectivity index (χ0v) is 19.3. The normalized spacial score (nSPS) is 10.6. The predicted molar refractivity (Wildman–Crippen MR) is 127 cm³/mol. The minimum atomic E-state index is -5.08. The Morgan fingerprint density at radius 1 is 1.05 bits per heavy atom. The van der Waals surface area contributed by atoms with Crippen LogP contribution < -0.4 is 10.5 Å². The highest BCUT2D eigenvalue weighted by molar-refractivity contribution is 5.73. The van der Waals surface area contributed by atoms with Crippen LogP contribution in [0.3, 0.4) is 0 Å². The number of nitrogen functional groups attached to an aromatic ring is 1. The van der Waals surface area contributed by atoms with Crippen molar-refractivity contribution >= 4 is 11.9 Å². The zero-order chi connectivity index (χ0) is 26.8. The van der Waals surface area contributed by atoms with Crippen molar-refractivity contribution in [3.8, 4) is 23.3 Å². The number of aryl methyl sites for hydroxylation is 2. The molecule has 190 valence electrons. The highest BCUT2D eigenvalue weighted by Gasteiger charge is 2.38. The number of benzene rings is 2. The van der Waals surface area contributed by atoms with E-state index in [1.807, 2.05) is 42.5 Å². The van der Waals surface area contributed by atoms with Crippen LogP contribution in [0.15, 0.2) is 77.4 Å². The fourth-order valence-electron chi connectivity index (χ4n) is 3.20. The smallest absolute Gasteiger partial charge is 0.475 e. The Labute approximate surface area is 209 Å². The number of hydrogen-bond acceptors (Lipinski definition) is 7. The standard InChI is InChI=1S/C24H20N4O2.C2HF3O2/c25-15-19-6-1-2-7-20(19)16-30-23-14-21(27-24(26)28-23)11-10-17-5-3-8-18(13-17)22-9-4-12-29-22;3-2(4,5)1(6)7/h1-9,12-14H,10-11,16H2,(H2,26,27,28);(H,6,7). The summed E-state index contributed by atoms with van der Waals surface area (Å²) >= 11 is 0. The van der Waals surface area contributed by atoms with Crippen molar-refractivity contribution in [3.63, 3.8) is 0 Å². The van der Waals surface area contributed by atoms with Crippen molar-refractivity contribution in [3.05, 3.63) is 95.4 Å². The van der Waals surface area contributed by atoms with E-state index in [0.717, 1.165) is 29.0 Å². The molecule has 2 aromatic heterocycles. The minimum absolute atomic E-state index is 0.167. The Hall–Kier alpha value is -4.85. The van der Waals surface area contributed by atoms with Crippen LogP contribution in [0.1, 0.15) is 22.4 Å². The van der Waals surface area contributed by atoms with Crippen LogP contribution in [-0.4, -0.2) is 27.2 Å². The third-order valence-electron chi connectivity index (χ3n) is 4.93. The van der Waals surface area contributed by atoms with Gasteiger partial charge in [-0.05, 0) is 42.7 Å². The van der Waals surface area contributed by atoms with E-state index in [1.165, 1.54) is 5.56 Å². The fourth-order valence-corrected chi connectivity index (χ4v) is 3.20. The van der Waals surface area contributed by atoms with Gasteiger partial charge in [-0.15, -0.1) is 0 Å². The SMILES string of the molecule is N#Cc1ccccc1COc1cc(CCc2cccc(-c3ccco3)c2)nc(N)n1.O=C(O)C(F)(F)F. The number of nitrogens with zero attached hydrogens (tertiary/aromatic N) is 3. The van der Waals surface area contributed by atoms with Crippen LogP contribution >= 0.6 is 0 Å². The van der Waals surface area contributed by atoms with Gasteiger partial charge in [-0.3, -0.25) is 0 Å². The quantitative estimate of drug-likeness (QED) is 0.347. The fraction of sp³-hybridized carbons (Fsp3) is 0.154. The number of ether oxygens (including phenoxy) is 1. The monoisotopic (exact) mass is 510 g/mol. The number of nitriles is 1. The number of carboxylic acid groups (broad SMARTS) is 1. The second kappa shape index (κ2) is 12.2. The lowest BCUT2D eigenvalue weighted by molar-refractivity contribution is -0.192. The molecule has 0 aliphatic rings. The first-order chi connectivity index (χ1) is 17.7. The van der Waals surface area contributed by atoms with Gasteiger partial charge in [0, 0.05) is 17.2 Å². The molecule has 0 aliphatic carbocycles. The van der Waals surface area contributed by atoms with E-state index in [2.05, 4.69) is 28.2 Å². The van der Waals surface area contributed by atoms with E-state index >= 15 is 0 Å². The van der Waals surface area contributed by atoms with Crippen molar-refractivity contribution in [2.24, 2.45) is 0 Å². The molecule has 0 saturated heterocycles. The molecule has 0 amide bonds. The molecule has 0 spiro atoms. The molecule has 0 fully saturated rings. The summed E-state index contributed by atoms with van der Waals surface area (Å²) in [5.74, 6) is -1.35. The first kappa shape index (κ1) is 26.7. The number of aromatic nitrogens is 2. The lowest BCUT2D eigenvalue weighted by Gasteiger charge is -2.09. The number of anilines is 1. The molecule has 0 saturated carbocycles. The number of aliphatic carboxylic acids is 1. The minimum Gasteiger partial charge on any atom is -0.475 e. The molecule has 4 rings (SSSR count).